The Labute approximate surface area is 166 Å². The van der Waals surface area contributed by atoms with Crippen molar-refractivity contribution in [3.63, 3.8) is 0 Å². The molecular weight excluding hydrogens is 372 g/mol. The fraction of sp³-hybridized carbons (Fsp3) is 0.400. The molecule has 1 aromatic carbocycles. The van der Waals surface area contributed by atoms with Gasteiger partial charge < -0.3 is 9.32 Å². The minimum absolute atomic E-state index is 0.324. The molecule has 1 spiro atoms. The maximum Gasteiger partial charge on any atom is 0.247 e. The zero-order valence-electron chi connectivity index (χ0n) is 15.6. The molecule has 0 unspecified atom stereocenters. The molecule has 1 saturated heterocycles. The van der Waals surface area contributed by atoms with E-state index >= 15 is 0 Å². The normalized spacial score (nSPS) is 20.9. The average molecular weight is 392 g/mol. The molecule has 1 atom stereocenters. The van der Waals surface area contributed by atoms with Crippen molar-refractivity contribution in [1.29, 1.82) is 0 Å². The minimum Gasteiger partial charge on any atom is -0.420 e. The van der Waals surface area contributed by atoms with Crippen molar-refractivity contribution in [3.05, 3.63) is 48.1 Å². The molecule has 1 aliphatic heterocycles. The highest BCUT2D eigenvalue weighted by atomic mass is 32.1. The maximum absolute atomic E-state index is 6.02. The second kappa shape index (κ2) is 5.88. The van der Waals surface area contributed by atoms with Gasteiger partial charge in [-0.05, 0) is 43.7 Å². The number of hydrogen-bond acceptors (Lipinski definition) is 7. The SMILES string of the molecule is Cc1cn2nc(N3CCC4(CC3)C[C@@H]4c3nnc(-c4ccccc4)o3)sc2n1. The van der Waals surface area contributed by atoms with Crippen molar-refractivity contribution in [2.45, 2.75) is 32.1 Å². The third-order valence-corrected chi connectivity index (χ3v) is 7.12. The summed E-state index contributed by atoms with van der Waals surface area (Å²) in [5, 5.41) is 14.4. The maximum atomic E-state index is 6.02. The first-order valence-corrected chi connectivity index (χ1v) is 10.5. The van der Waals surface area contributed by atoms with Crippen molar-refractivity contribution < 1.29 is 4.42 Å². The van der Waals surface area contributed by atoms with E-state index in [1.165, 1.54) is 0 Å². The third-order valence-electron chi connectivity index (χ3n) is 6.13. The highest BCUT2D eigenvalue weighted by Gasteiger charge is 2.58. The molecule has 8 heteroatoms. The monoisotopic (exact) mass is 392 g/mol. The van der Waals surface area contributed by atoms with Crippen molar-refractivity contribution in [2.24, 2.45) is 5.41 Å². The van der Waals surface area contributed by atoms with Crippen LogP contribution >= 0.6 is 11.3 Å². The fourth-order valence-corrected chi connectivity index (χ4v) is 5.37. The summed E-state index contributed by atoms with van der Waals surface area (Å²) in [4.78, 5) is 7.87. The largest absolute Gasteiger partial charge is 0.420 e. The number of rotatable bonds is 3. The van der Waals surface area contributed by atoms with E-state index in [2.05, 4.69) is 20.1 Å². The molecule has 1 aliphatic carbocycles. The highest BCUT2D eigenvalue weighted by molar-refractivity contribution is 7.20. The second-order valence-electron chi connectivity index (χ2n) is 7.91. The summed E-state index contributed by atoms with van der Waals surface area (Å²) in [6, 6.07) is 9.98. The lowest BCUT2D eigenvalue weighted by molar-refractivity contribution is 0.353. The molecule has 1 saturated carbocycles. The van der Waals surface area contributed by atoms with Gasteiger partial charge in [0.15, 0.2) is 0 Å². The molecule has 4 aromatic rings. The first-order chi connectivity index (χ1) is 13.7. The summed E-state index contributed by atoms with van der Waals surface area (Å²) in [7, 11) is 0. The zero-order chi connectivity index (χ0) is 18.7. The predicted octanol–water partition coefficient (Wildman–Crippen LogP) is 3.92. The van der Waals surface area contributed by atoms with Crippen LogP contribution in [0.25, 0.3) is 16.4 Å². The van der Waals surface area contributed by atoms with E-state index in [0.29, 0.717) is 17.2 Å². The lowest BCUT2D eigenvalue weighted by atomic mass is 9.91. The van der Waals surface area contributed by atoms with E-state index in [1.807, 2.05) is 48.0 Å². The van der Waals surface area contributed by atoms with Gasteiger partial charge in [0.05, 0.1) is 11.9 Å². The van der Waals surface area contributed by atoms with Crippen LogP contribution in [-0.2, 0) is 0 Å². The van der Waals surface area contributed by atoms with Crippen LogP contribution < -0.4 is 4.90 Å². The topological polar surface area (TPSA) is 72.3 Å². The first kappa shape index (κ1) is 16.2. The van der Waals surface area contributed by atoms with Gasteiger partial charge in [-0.1, -0.05) is 29.5 Å². The molecule has 0 bridgehead atoms. The lowest BCUT2D eigenvalue weighted by Crippen LogP contribution is -2.35. The van der Waals surface area contributed by atoms with Crippen LogP contribution in [0.1, 0.15) is 36.8 Å². The smallest absolute Gasteiger partial charge is 0.247 e. The number of aromatic nitrogens is 5. The van der Waals surface area contributed by atoms with E-state index in [0.717, 1.165) is 59.6 Å². The van der Waals surface area contributed by atoms with Gasteiger partial charge in [-0.15, -0.1) is 15.3 Å². The molecule has 0 radical (unpaired) electrons. The molecule has 6 rings (SSSR count). The molecule has 0 amide bonds. The summed E-state index contributed by atoms with van der Waals surface area (Å²) < 4.78 is 7.91. The second-order valence-corrected chi connectivity index (χ2v) is 8.85. The van der Waals surface area contributed by atoms with Crippen molar-refractivity contribution >= 4 is 21.4 Å². The van der Waals surface area contributed by atoms with E-state index in [1.54, 1.807) is 11.3 Å². The van der Waals surface area contributed by atoms with Crippen molar-refractivity contribution in [3.8, 4) is 11.5 Å². The van der Waals surface area contributed by atoms with Gasteiger partial charge in [0, 0.05) is 24.6 Å². The third kappa shape index (κ3) is 2.55. The van der Waals surface area contributed by atoms with Gasteiger partial charge >= 0.3 is 0 Å². The van der Waals surface area contributed by atoms with Gasteiger partial charge in [-0.3, -0.25) is 0 Å². The summed E-state index contributed by atoms with van der Waals surface area (Å²) >= 11 is 1.67. The van der Waals surface area contributed by atoms with Crippen LogP contribution in [0.4, 0.5) is 5.13 Å². The molecule has 2 fully saturated rings. The zero-order valence-corrected chi connectivity index (χ0v) is 16.4. The summed E-state index contributed by atoms with van der Waals surface area (Å²) in [5.74, 6) is 1.82. The molecule has 4 heterocycles. The molecular formula is C20H20N6OS. The van der Waals surface area contributed by atoms with Crippen LogP contribution in [0.2, 0.25) is 0 Å². The number of hydrogen-bond donors (Lipinski definition) is 0. The molecule has 0 N–H and O–H groups in total. The number of piperidine rings is 1. The number of anilines is 1. The Balaban J connectivity index is 1.15. The summed E-state index contributed by atoms with van der Waals surface area (Å²) in [6.07, 6.45) is 5.42. The Morgan fingerprint density at radius 3 is 2.75 bits per heavy atom. The Morgan fingerprint density at radius 2 is 1.96 bits per heavy atom. The Hall–Kier alpha value is -2.74. The number of aryl methyl sites for hydroxylation is 1. The number of imidazole rings is 1. The van der Waals surface area contributed by atoms with Crippen LogP contribution in [0, 0.1) is 12.3 Å². The van der Waals surface area contributed by atoms with Crippen LogP contribution in [0.5, 0.6) is 0 Å². The standard InChI is InChI=1S/C20H20N6OS/c1-13-12-26-18(21-13)28-19(24-26)25-9-7-20(8-10-25)11-15(20)17-23-22-16(27-17)14-5-3-2-4-6-14/h2-6,12,15H,7-11H2,1H3/t15-/m1/s1. The highest BCUT2D eigenvalue weighted by Crippen LogP contribution is 2.64. The van der Waals surface area contributed by atoms with Gasteiger partial charge in [-0.25, -0.2) is 9.50 Å². The van der Waals surface area contributed by atoms with Crippen LogP contribution in [0.15, 0.2) is 40.9 Å². The summed E-state index contributed by atoms with van der Waals surface area (Å²) in [5.41, 5.74) is 2.32. The number of fused-ring (bicyclic) bond motifs is 1. The van der Waals surface area contributed by atoms with E-state index in [4.69, 9.17) is 9.52 Å². The molecule has 28 heavy (non-hydrogen) atoms. The number of nitrogens with zero attached hydrogens (tertiary/aromatic N) is 6. The van der Waals surface area contributed by atoms with Crippen LogP contribution in [0.3, 0.4) is 0 Å². The molecule has 7 nitrogen and oxygen atoms in total. The summed E-state index contributed by atoms with van der Waals surface area (Å²) in [6.45, 7) is 4.04. The first-order valence-electron chi connectivity index (χ1n) is 9.67. The lowest BCUT2D eigenvalue weighted by Gasteiger charge is -2.32. The Morgan fingerprint density at radius 1 is 1.14 bits per heavy atom. The Kier molecular flexibility index (Phi) is 3.41. The Bertz CT molecular complexity index is 1110. The van der Waals surface area contributed by atoms with Crippen molar-refractivity contribution in [2.75, 3.05) is 18.0 Å². The number of benzene rings is 1. The van der Waals surface area contributed by atoms with Gasteiger partial charge in [0.2, 0.25) is 21.9 Å². The quantitative estimate of drug-likeness (QED) is 0.526. The van der Waals surface area contributed by atoms with Crippen LogP contribution in [-0.4, -0.2) is 37.9 Å². The van der Waals surface area contributed by atoms with Gasteiger partial charge in [0.1, 0.15) is 0 Å². The van der Waals surface area contributed by atoms with Gasteiger partial charge in [0.25, 0.3) is 0 Å². The molecule has 142 valence electrons. The molecule has 2 aliphatic rings. The fourth-order valence-electron chi connectivity index (χ4n) is 4.39. The van der Waals surface area contributed by atoms with Crippen molar-refractivity contribution in [1.82, 2.24) is 24.8 Å². The minimum atomic E-state index is 0.324. The van der Waals surface area contributed by atoms with E-state index < -0.39 is 0 Å². The predicted molar refractivity (Wildman–Crippen MR) is 107 cm³/mol. The van der Waals surface area contributed by atoms with Gasteiger partial charge in [-0.2, -0.15) is 0 Å². The average Bonchev–Trinajstić information content (AvgIpc) is 3.08. The van der Waals surface area contributed by atoms with E-state index in [9.17, 15) is 0 Å². The molecule has 3 aromatic heterocycles. The van der Waals surface area contributed by atoms with E-state index in [-0.39, 0.29) is 0 Å².